The van der Waals surface area contributed by atoms with Crippen LogP contribution in [0.1, 0.15) is 22.3 Å². The van der Waals surface area contributed by atoms with E-state index in [0.717, 1.165) is 18.5 Å². The molecule has 6 nitrogen and oxygen atoms in total. The van der Waals surface area contributed by atoms with Crippen LogP contribution in [-0.2, 0) is 4.79 Å². The Bertz CT molecular complexity index is 848. The van der Waals surface area contributed by atoms with Crippen molar-refractivity contribution < 1.29 is 14.3 Å². The van der Waals surface area contributed by atoms with E-state index >= 15 is 0 Å². The van der Waals surface area contributed by atoms with Gasteiger partial charge in [0.25, 0.3) is 11.8 Å². The molecule has 0 spiro atoms. The van der Waals surface area contributed by atoms with Crippen molar-refractivity contribution in [3.8, 4) is 5.75 Å². The molecule has 0 atom stereocenters. The Kier molecular flexibility index (Phi) is 5.76. The van der Waals surface area contributed by atoms with Crippen molar-refractivity contribution in [2.45, 2.75) is 13.3 Å². The van der Waals surface area contributed by atoms with E-state index in [0.29, 0.717) is 29.2 Å². The van der Waals surface area contributed by atoms with Crippen molar-refractivity contribution in [2.75, 3.05) is 44.0 Å². The molecule has 1 heterocycles. The van der Waals surface area contributed by atoms with E-state index in [2.05, 4.69) is 10.2 Å². The zero-order valence-electron chi connectivity index (χ0n) is 16.0. The zero-order valence-corrected chi connectivity index (χ0v) is 16.0. The number of carbonyl (C=O) groups is 2. The lowest BCUT2D eigenvalue weighted by molar-refractivity contribution is -0.121. The number of rotatable bonds is 6. The first kappa shape index (κ1) is 18.9. The maximum atomic E-state index is 12.6. The summed E-state index contributed by atoms with van der Waals surface area (Å²) in [6.45, 7) is 3.46. The second-order valence-electron chi connectivity index (χ2n) is 6.94. The van der Waals surface area contributed by atoms with Gasteiger partial charge in [-0.2, -0.15) is 0 Å². The van der Waals surface area contributed by atoms with Crippen LogP contribution in [0.5, 0.6) is 5.75 Å². The summed E-state index contributed by atoms with van der Waals surface area (Å²) in [5, 5.41) is 2.92. The molecule has 1 aliphatic rings. The minimum Gasteiger partial charge on any atom is -0.482 e. The van der Waals surface area contributed by atoms with E-state index in [1.54, 1.807) is 29.2 Å². The Morgan fingerprint density at radius 1 is 1.22 bits per heavy atom. The van der Waals surface area contributed by atoms with Crippen LogP contribution in [0.2, 0.25) is 0 Å². The summed E-state index contributed by atoms with van der Waals surface area (Å²) in [7, 11) is 4.02. The number of nitrogens with zero attached hydrogens (tertiary/aromatic N) is 2. The van der Waals surface area contributed by atoms with Gasteiger partial charge < -0.3 is 19.9 Å². The number of aryl methyl sites for hydroxylation is 1. The molecule has 2 amide bonds. The first-order valence-corrected chi connectivity index (χ1v) is 9.04. The van der Waals surface area contributed by atoms with Gasteiger partial charge in [0.15, 0.2) is 6.61 Å². The number of ether oxygens (including phenoxy) is 1. The molecule has 2 aromatic rings. The molecule has 0 unspecified atom stereocenters. The van der Waals surface area contributed by atoms with Crippen molar-refractivity contribution >= 4 is 23.2 Å². The van der Waals surface area contributed by atoms with Gasteiger partial charge in [0.2, 0.25) is 0 Å². The SMILES string of the molecule is Cc1ccccc1C(=O)Nc1ccc2c(c1)N(CCCN(C)C)C(=O)CO2. The number of hydrogen-bond donors (Lipinski definition) is 1. The average Bonchev–Trinajstić information content (AvgIpc) is 2.63. The number of anilines is 2. The second kappa shape index (κ2) is 8.22. The van der Waals surface area contributed by atoms with Crippen LogP contribution in [0.3, 0.4) is 0 Å². The van der Waals surface area contributed by atoms with Gasteiger partial charge in [-0.15, -0.1) is 0 Å². The monoisotopic (exact) mass is 367 g/mol. The lowest BCUT2D eigenvalue weighted by atomic mass is 10.1. The molecule has 3 rings (SSSR count). The first-order valence-electron chi connectivity index (χ1n) is 9.04. The van der Waals surface area contributed by atoms with Gasteiger partial charge in [0, 0.05) is 17.8 Å². The van der Waals surface area contributed by atoms with Crippen LogP contribution >= 0.6 is 0 Å². The molecule has 142 valence electrons. The molecule has 1 aliphatic heterocycles. The van der Waals surface area contributed by atoms with Crippen molar-refractivity contribution in [1.29, 1.82) is 0 Å². The van der Waals surface area contributed by atoms with Gasteiger partial charge in [0.1, 0.15) is 5.75 Å². The molecule has 0 bridgehead atoms. The van der Waals surface area contributed by atoms with Crippen molar-refractivity contribution in [3.05, 3.63) is 53.6 Å². The van der Waals surface area contributed by atoms with Gasteiger partial charge in [-0.25, -0.2) is 0 Å². The van der Waals surface area contributed by atoms with E-state index in [9.17, 15) is 9.59 Å². The maximum Gasteiger partial charge on any atom is 0.265 e. The van der Waals surface area contributed by atoms with Crippen molar-refractivity contribution in [2.24, 2.45) is 0 Å². The molecule has 27 heavy (non-hydrogen) atoms. The van der Waals surface area contributed by atoms with E-state index < -0.39 is 0 Å². The molecule has 0 saturated carbocycles. The third-order valence-electron chi connectivity index (χ3n) is 4.54. The number of fused-ring (bicyclic) bond motifs is 1. The van der Waals surface area contributed by atoms with Crippen LogP contribution in [0.25, 0.3) is 0 Å². The quantitative estimate of drug-likeness (QED) is 0.853. The van der Waals surface area contributed by atoms with Crippen LogP contribution in [0.4, 0.5) is 11.4 Å². The number of nitrogens with one attached hydrogen (secondary N) is 1. The minimum atomic E-state index is -0.171. The normalized spacial score (nSPS) is 13.3. The van der Waals surface area contributed by atoms with Crippen LogP contribution < -0.4 is 15.0 Å². The van der Waals surface area contributed by atoms with Gasteiger partial charge in [-0.05, 0) is 63.8 Å². The van der Waals surface area contributed by atoms with Crippen molar-refractivity contribution in [1.82, 2.24) is 4.90 Å². The fraction of sp³-hybridized carbons (Fsp3) is 0.333. The molecule has 0 aromatic heterocycles. The van der Waals surface area contributed by atoms with Gasteiger partial charge in [-0.3, -0.25) is 9.59 Å². The van der Waals surface area contributed by atoms with Gasteiger partial charge >= 0.3 is 0 Å². The summed E-state index contributed by atoms with van der Waals surface area (Å²) in [5.41, 5.74) is 2.88. The summed E-state index contributed by atoms with van der Waals surface area (Å²) in [4.78, 5) is 28.7. The first-order chi connectivity index (χ1) is 13.0. The Balaban J connectivity index is 1.79. The summed E-state index contributed by atoms with van der Waals surface area (Å²) < 4.78 is 5.54. The molecule has 0 saturated heterocycles. The Morgan fingerprint density at radius 2 is 2.00 bits per heavy atom. The summed E-state index contributed by atoms with van der Waals surface area (Å²) in [6.07, 6.45) is 0.859. The smallest absolute Gasteiger partial charge is 0.265 e. The van der Waals surface area contributed by atoms with Gasteiger partial charge in [0.05, 0.1) is 5.69 Å². The highest BCUT2D eigenvalue weighted by atomic mass is 16.5. The van der Waals surface area contributed by atoms with Crippen molar-refractivity contribution in [3.63, 3.8) is 0 Å². The Labute approximate surface area is 159 Å². The van der Waals surface area contributed by atoms with E-state index in [1.165, 1.54) is 0 Å². The van der Waals surface area contributed by atoms with E-state index in [-0.39, 0.29) is 18.4 Å². The topological polar surface area (TPSA) is 61.9 Å². The summed E-state index contributed by atoms with van der Waals surface area (Å²) in [5.74, 6) is 0.423. The molecule has 6 heteroatoms. The third-order valence-corrected chi connectivity index (χ3v) is 4.54. The lowest BCUT2D eigenvalue weighted by Gasteiger charge is -2.30. The number of benzene rings is 2. The summed E-state index contributed by atoms with van der Waals surface area (Å²) >= 11 is 0. The number of amides is 2. The molecular formula is C21H25N3O3. The number of hydrogen-bond acceptors (Lipinski definition) is 4. The molecule has 0 radical (unpaired) electrons. The average molecular weight is 367 g/mol. The van der Waals surface area contributed by atoms with E-state index in [4.69, 9.17) is 4.74 Å². The van der Waals surface area contributed by atoms with Crippen LogP contribution in [0, 0.1) is 6.92 Å². The highest BCUT2D eigenvalue weighted by Crippen LogP contribution is 2.34. The molecule has 1 N–H and O–H groups in total. The maximum absolute atomic E-state index is 12.6. The zero-order chi connectivity index (χ0) is 19.4. The Hall–Kier alpha value is -2.86. The second-order valence-corrected chi connectivity index (χ2v) is 6.94. The van der Waals surface area contributed by atoms with E-state index in [1.807, 2.05) is 39.2 Å². The molecule has 0 fully saturated rings. The van der Waals surface area contributed by atoms with Crippen LogP contribution in [0.15, 0.2) is 42.5 Å². The largest absolute Gasteiger partial charge is 0.482 e. The highest BCUT2D eigenvalue weighted by Gasteiger charge is 2.25. The Morgan fingerprint density at radius 3 is 2.74 bits per heavy atom. The van der Waals surface area contributed by atoms with Crippen LogP contribution in [-0.4, -0.2) is 50.5 Å². The minimum absolute atomic E-state index is 0.0455. The fourth-order valence-electron chi connectivity index (χ4n) is 3.10. The predicted octanol–water partition coefficient (Wildman–Crippen LogP) is 2.92. The standard InChI is InChI=1S/C21H25N3O3/c1-15-7-4-5-8-17(15)21(26)22-16-9-10-19-18(13-16)24(20(25)14-27-19)12-6-11-23(2)3/h4-5,7-10,13H,6,11-12,14H2,1-3H3,(H,22,26). The summed E-state index contributed by atoms with van der Waals surface area (Å²) in [6, 6.07) is 12.8. The molecule has 0 aliphatic carbocycles. The molecule has 2 aromatic carbocycles. The lowest BCUT2D eigenvalue weighted by Crippen LogP contribution is -2.40. The predicted molar refractivity (Wildman–Crippen MR) is 107 cm³/mol. The molecular weight excluding hydrogens is 342 g/mol. The number of carbonyl (C=O) groups excluding carboxylic acids is 2. The third kappa shape index (κ3) is 4.46. The fourth-order valence-corrected chi connectivity index (χ4v) is 3.10. The van der Waals surface area contributed by atoms with Gasteiger partial charge in [-0.1, -0.05) is 18.2 Å². The highest BCUT2D eigenvalue weighted by molar-refractivity contribution is 6.06.